The van der Waals surface area contributed by atoms with Crippen LogP contribution in [0.4, 0.5) is 0 Å². The third kappa shape index (κ3) is 11.5. The molecule has 4 aromatic rings. The van der Waals surface area contributed by atoms with Gasteiger partial charge in [-0.2, -0.15) is 0 Å². The number of hydrogen-bond acceptors (Lipinski definition) is 9. The number of nitrogens with zero attached hydrogens (tertiary/aromatic N) is 3. The van der Waals surface area contributed by atoms with Crippen molar-refractivity contribution in [3.63, 3.8) is 0 Å². The van der Waals surface area contributed by atoms with Crippen molar-refractivity contribution in [2.75, 3.05) is 53.2 Å². The molecule has 1 amide bonds. The molecule has 13 heteroatoms. The van der Waals surface area contributed by atoms with Crippen LogP contribution in [0.25, 0.3) is 0 Å². The van der Waals surface area contributed by atoms with Gasteiger partial charge < -0.3 is 38.5 Å². The van der Waals surface area contributed by atoms with E-state index in [1.807, 2.05) is 42.0 Å². The largest absolute Gasteiger partial charge is 0.493 e. The number of imidazole rings is 1. The first-order valence-corrected chi connectivity index (χ1v) is 21.2. The van der Waals surface area contributed by atoms with Gasteiger partial charge in [-0.1, -0.05) is 41.4 Å². The number of methoxy groups -OCH3 is 1. The number of aromatic nitrogens is 2. The lowest BCUT2D eigenvalue weighted by Gasteiger charge is -2.36. The highest BCUT2D eigenvalue weighted by Crippen LogP contribution is 2.41. The van der Waals surface area contributed by atoms with Crippen molar-refractivity contribution in [3.8, 4) is 17.2 Å². The van der Waals surface area contributed by atoms with Crippen LogP contribution >= 0.6 is 23.2 Å². The molecule has 58 heavy (non-hydrogen) atoms. The maximum Gasteiger partial charge on any atom is 0.309 e. The van der Waals surface area contributed by atoms with Crippen LogP contribution in [0.3, 0.4) is 0 Å². The first-order chi connectivity index (χ1) is 28.2. The Bertz CT molecular complexity index is 1950. The number of halogens is 2. The van der Waals surface area contributed by atoms with E-state index < -0.39 is 0 Å². The van der Waals surface area contributed by atoms with Crippen LogP contribution < -0.4 is 19.5 Å². The van der Waals surface area contributed by atoms with E-state index in [1.165, 1.54) is 0 Å². The molecule has 310 valence electrons. The van der Waals surface area contributed by atoms with E-state index in [0.717, 1.165) is 78.8 Å². The van der Waals surface area contributed by atoms with Crippen LogP contribution in [0.15, 0.2) is 73.3 Å². The Morgan fingerprint density at radius 2 is 1.67 bits per heavy atom. The van der Waals surface area contributed by atoms with Gasteiger partial charge in [0.2, 0.25) is 5.91 Å². The Labute approximate surface area is 351 Å². The zero-order chi connectivity index (χ0) is 40.4. The van der Waals surface area contributed by atoms with Gasteiger partial charge in [-0.15, -0.1) is 0 Å². The summed E-state index contributed by atoms with van der Waals surface area (Å²) < 4.78 is 30.9. The molecule has 2 heterocycles. The minimum Gasteiger partial charge on any atom is -0.493 e. The summed E-state index contributed by atoms with van der Waals surface area (Å²) in [6, 6.07) is 18.3. The number of carbonyl (C=O) groups excluding carboxylic acids is 2. The van der Waals surface area contributed by atoms with E-state index >= 15 is 0 Å². The molecule has 3 fully saturated rings. The molecule has 11 nitrogen and oxygen atoms in total. The van der Waals surface area contributed by atoms with Crippen molar-refractivity contribution in [1.29, 1.82) is 0 Å². The molecule has 0 spiro atoms. The van der Waals surface area contributed by atoms with Crippen molar-refractivity contribution in [2.24, 2.45) is 17.8 Å². The van der Waals surface area contributed by atoms with Crippen molar-refractivity contribution < 1.29 is 33.3 Å². The molecule has 2 aliphatic carbocycles. The normalized spacial score (nSPS) is 20.0. The molecular weight excluding hydrogens is 779 g/mol. The van der Waals surface area contributed by atoms with Crippen LogP contribution in [-0.4, -0.2) is 85.6 Å². The number of ether oxygens (including phenoxy) is 5. The molecule has 3 aliphatic rings. The number of benzene rings is 3. The maximum absolute atomic E-state index is 14.6. The fourth-order valence-electron chi connectivity index (χ4n) is 7.81. The number of nitrogens with one attached hydrogen (secondary N) is 1. The lowest BCUT2D eigenvalue weighted by molar-refractivity contribution is -0.146. The topological polar surface area (TPSA) is 113 Å². The lowest BCUT2D eigenvalue weighted by atomic mass is 9.80. The molecule has 0 bridgehead atoms. The van der Waals surface area contributed by atoms with Crippen molar-refractivity contribution in [1.82, 2.24) is 19.8 Å². The first-order valence-electron chi connectivity index (χ1n) is 20.4. The molecular formula is C45H54Cl2N4O7. The molecule has 0 radical (unpaired) electrons. The molecule has 2 saturated carbocycles. The smallest absolute Gasteiger partial charge is 0.309 e. The van der Waals surface area contributed by atoms with E-state index in [0.29, 0.717) is 68.5 Å². The molecule has 1 saturated heterocycles. The number of aryl methyl sites for hydroxylation is 2. The predicted molar refractivity (Wildman–Crippen MR) is 223 cm³/mol. The van der Waals surface area contributed by atoms with E-state index in [1.54, 1.807) is 19.6 Å². The van der Waals surface area contributed by atoms with Crippen molar-refractivity contribution >= 4 is 35.1 Å². The summed E-state index contributed by atoms with van der Waals surface area (Å²) in [6.07, 6.45) is 10.6. The second kappa shape index (κ2) is 20.1. The Morgan fingerprint density at radius 1 is 0.897 bits per heavy atom. The number of esters is 1. The zero-order valence-electron chi connectivity index (χ0n) is 33.4. The molecule has 1 aliphatic heterocycles. The molecule has 1 aromatic heterocycles. The lowest BCUT2D eigenvalue weighted by Crippen LogP contribution is -2.47. The highest BCUT2D eigenvalue weighted by atomic mass is 35.5. The summed E-state index contributed by atoms with van der Waals surface area (Å²) in [5.74, 6) is 1.85. The minimum atomic E-state index is -0.189. The Hall–Kier alpha value is -4.29. The highest BCUT2D eigenvalue weighted by molar-refractivity contribution is 6.37. The van der Waals surface area contributed by atoms with Gasteiger partial charge in [0.15, 0.2) is 5.75 Å². The third-order valence-corrected chi connectivity index (χ3v) is 11.7. The maximum atomic E-state index is 14.6. The molecule has 0 unspecified atom stereocenters. The summed E-state index contributed by atoms with van der Waals surface area (Å²) in [7, 11) is 1.71. The van der Waals surface area contributed by atoms with E-state index in [-0.39, 0.29) is 41.6 Å². The zero-order valence-corrected chi connectivity index (χ0v) is 34.9. The second-order valence-electron chi connectivity index (χ2n) is 15.7. The van der Waals surface area contributed by atoms with Gasteiger partial charge in [0.1, 0.15) is 31.3 Å². The monoisotopic (exact) mass is 832 g/mol. The van der Waals surface area contributed by atoms with Gasteiger partial charge >= 0.3 is 5.97 Å². The average Bonchev–Trinajstić information content (AvgIpc) is 4.16. The number of rotatable bonds is 21. The van der Waals surface area contributed by atoms with Crippen molar-refractivity contribution in [3.05, 3.63) is 106 Å². The third-order valence-electron chi connectivity index (χ3n) is 11.2. The Kier molecular flexibility index (Phi) is 14.5. The summed E-state index contributed by atoms with van der Waals surface area (Å²) >= 11 is 12.6. The van der Waals surface area contributed by atoms with Crippen LogP contribution in [0, 0.1) is 24.7 Å². The SMILES string of the molecule is COCCCc1cc(CN(C(=O)[C@H]2CNCC[C@@H]2c2ccc(OCCOc3c(Cl)cc(C)cc3Cl)cc2)C2CC2)cc(OC[C@@H]2C[C@H]2C(=O)OCCn2ccnc2)c1. The number of piperidine rings is 1. The molecule has 7 rings (SSSR count). The predicted octanol–water partition coefficient (Wildman–Crippen LogP) is 7.68. The standard InChI is InChI=1S/C45H54Cl2N4O7/c1-30-20-41(46)43(42(47)21-30)56-19-18-55-36-9-5-33(6-10-36)38-11-12-48-26-40(38)44(52)51(35-7-8-35)27-32-22-31(4-3-16-54-2)23-37(24-32)58-28-34-25-39(34)45(53)57-17-15-50-14-13-49-29-50/h5-6,9-10,13-14,20-24,29,34-35,38-40,48H,3-4,7-8,11-12,15-19,25-28H2,1-2H3/t34-,38+,39+,40-/m0/s1. The summed E-state index contributed by atoms with van der Waals surface area (Å²) in [6.45, 7) is 6.56. The van der Waals surface area contributed by atoms with Crippen LogP contribution in [0.2, 0.25) is 10.0 Å². The Balaban J connectivity index is 0.957. The van der Waals surface area contributed by atoms with Crippen LogP contribution in [-0.2, 0) is 38.6 Å². The number of hydrogen-bond donors (Lipinski definition) is 1. The fraction of sp³-hybridized carbons (Fsp3) is 0.489. The van der Waals surface area contributed by atoms with Gasteiger partial charge in [0, 0.05) is 51.2 Å². The first kappa shape index (κ1) is 41.9. The van der Waals surface area contributed by atoms with E-state index in [9.17, 15) is 9.59 Å². The minimum absolute atomic E-state index is 0.0848. The fourth-order valence-corrected chi connectivity index (χ4v) is 8.51. The number of amides is 1. The van der Waals surface area contributed by atoms with Gasteiger partial charge in [-0.3, -0.25) is 9.59 Å². The van der Waals surface area contributed by atoms with E-state index in [2.05, 4.69) is 45.5 Å². The van der Waals surface area contributed by atoms with Gasteiger partial charge in [-0.05, 0) is 117 Å². The van der Waals surface area contributed by atoms with Gasteiger partial charge in [-0.25, -0.2) is 4.98 Å². The van der Waals surface area contributed by atoms with E-state index in [4.69, 9.17) is 46.9 Å². The number of carbonyl (C=O) groups is 2. The molecule has 4 atom stereocenters. The summed E-state index contributed by atoms with van der Waals surface area (Å²) in [4.78, 5) is 33.4. The quantitative estimate of drug-likeness (QED) is 0.0668. The molecule has 1 N–H and O–H groups in total. The summed E-state index contributed by atoms with van der Waals surface area (Å²) in [5.41, 5.74) is 4.30. The van der Waals surface area contributed by atoms with Crippen molar-refractivity contribution in [2.45, 2.75) is 70.5 Å². The Morgan fingerprint density at radius 3 is 2.41 bits per heavy atom. The van der Waals surface area contributed by atoms with Crippen LogP contribution in [0.1, 0.15) is 60.3 Å². The van der Waals surface area contributed by atoms with Gasteiger partial charge in [0.05, 0.1) is 41.4 Å². The summed E-state index contributed by atoms with van der Waals surface area (Å²) in [5, 5.41) is 4.45. The highest BCUT2D eigenvalue weighted by Gasteiger charge is 2.45. The average molecular weight is 834 g/mol. The van der Waals surface area contributed by atoms with Crippen LogP contribution in [0.5, 0.6) is 17.2 Å². The molecule has 3 aromatic carbocycles. The van der Waals surface area contributed by atoms with Gasteiger partial charge in [0.25, 0.3) is 0 Å². The second-order valence-corrected chi connectivity index (χ2v) is 16.5.